The van der Waals surface area contributed by atoms with E-state index >= 15 is 0 Å². The van der Waals surface area contributed by atoms with Gasteiger partial charge in [-0.05, 0) is 35.8 Å². The Bertz CT molecular complexity index is 1270. The first-order chi connectivity index (χ1) is 16.1. The molecule has 1 unspecified atom stereocenters. The number of fused-ring (bicyclic) bond motifs is 1. The van der Waals surface area contributed by atoms with E-state index in [2.05, 4.69) is 16.4 Å². The van der Waals surface area contributed by atoms with E-state index in [0.29, 0.717) is 18.0 Å². The number of rotatable bonds is 8. The van der Waals surface area contributed by atoms with Crippen molar-refractivity contribution in [2.75, 3.05) is 20.8 Å². The van der Waals surface area contributed by atoms with Crippen LogP contribution in [0.15, 0.2) is 85.1 Å². The van der Waals surface area contributed by atoms with Crippen molar-refractivity contribution in [3.05, 3.63) is 102 Å². The zero-order valence-electron chi connectivity index (χ0n) is 19.1. The fourth-order valence-corrected chi connectivity index (χ4v) is 4.19. The molecule has 1 heterocycles. The molecule has 5 heteroatoms. The molecule has 0 bridgehead atoms. The first-order valence-electron chi connectivity index (χ1n) is 10.9. The number of hydrogen-bond acceptors (Lipinski definition) is 3. The Hall–Kier alpha value is -3.99. The summed E-state index contributed by atoms with van der Waals surface area (Å²) < 4.78 is 11.3. The maximum absolute atomic E-state index is 12.8. The number of nitrogens with one attached hydrogen (secondary N) is 2. The number of hydrogen-bond donors (Lipinski definition) is 2. The molecule has 1 aromatic heterocycles. The van der Waals surface area contributed by atoms with E-state index in [1.807, 2.05) is 79.9 Å². The SMILES string of the molecule is COc1cccc(C(CNC(=O)C=C(C)c2ccccc2)c2c[nH]c3ccccc23)c1OC. The smallest absolute Gasteiger partial charge is 0.244 e. The predicted octanol–water partition coefficient (Wildman–Crippen LogP) is 5.54. The van der Waals surface area contributed by atoms with Gasteiger partial charge in [0.15, 0.2) is 11.5 Å². The molecule has 1 amide bonds. The zero-order chi connectivity index (χ0) is 23.2. The van der Waals surface area contributed by atoms with E-state index < -0.39 is 0 Å². The van der Waals surface area contributed by atoms with Crippen LogP contribution in [-0.2, 0) is 4.79 Å². The Balaban J connectivity index is 1.68. The second-order valence-corrected chi connectivity index (χ2v) is 7.86. The van der Waals surface area contributed by atoms with E-state index in [1.165, 1.54) is 0 Å². The van der Waals surface area contributed by atoms with Gasteiger partial charge in [0.05, 0.1) is 14.2 Å². The average molecular weight is 441 g/mol. The summed E-state index contributed by atoms with van der Waals surface area (Å²) in [6.45, 7) is 2.35. The number of carbonyl (C=O) groups is 1. The van der Waals surface area contributed by atoms with Crippen molar-refractivity contribution in [3.8, 4) is 11.5 Å². The van der Waals surface area contributed by atoms with Crippen LogP contribution in [0.3, 0.4) is 0 Å². The Morgan fingerprint density at radius 3 is 2.45 bits per heavy atom. The Morgan fingerprint density at radius 2 is 1.70 bits per heavy atom. The molecule has 3 aromatic carbocycles. The molecule has 0 radical (unpaired) electrons. The molecular formula is C28H28N2O3. The van der Waals surface area contributed by atoms with Gasteiger partial charge in [0.1, 0.15) is 0 Å². The molecule has 0 spiro atoms. The van der Waals surface area contributed by atoms with Crippen LogP contribution in [0.25, 0.3) is 16.5 Å². The number of carbonyl (C=O) groups excluding carboxylic acids is 1. The topological polar surface area (TPSA) is 63.3 Å². The quantitative estimate of drug-likeness (QED) is 0.354. The predicted molar refractivity (Wildman–Crippen MR) is 133 cm³/mol. The van der Waals surface area contributed by atoms with Gasteiger partial charge < -0.3 is 19.8 Å². The lowest BCUT2D eigenvalue weighted by molar-refractivity contribution is -0.116. The van der Waals surface area contributed by atoms with Crippen molar-refractivity contribution < 1.29 is 14.3 Å². The van der Waals surface area contributed by atoms with Gasteiger partial charge in [0.2, 0.25) is 5.91 Å². The lowest BCUT2D eigenvalue weighted by atomic mass is 9.89. The molecule has 0 saturated carbocycles. The van der Waals surface area contributed by atoms with Gasteiger partial charge >= 0.3 is 0 Å². The van der Waals surface area contributed by atoms with Crippen molar-refractivity contribution in [2.45, 2.75) is 12.8 Å². The summed E-state index contributed by atoms with van der Waals surface area (Å²) in [5.74, 6) is 1.05. The average Bonchev–Trinajstić information content (AvgIpc) is 3.28. The number of amides is 1. The Labute approximate surface area is 194 Å². The molecule has 0 saturated heterocycles. The van der Waals surface area contributed by atoms with E-state index in [1.54, 1.807) is 20.3 Å². The molecule has 0 aliphatic carbocycles. The molecule has 1 atom stereocenters. The largest absolute Gasteiger partial charge is 0.493 e. The highest BCUT2D eigenvalue weighted by molar-refractivity contribution is 5.95. The second kappa shape index (κ2) is 10.1. The molecule has 2 N–H and O–H groups in total. The summed E-state index contributed by atoms with van der Waals surface area (Å²) in [7, 11) is 3.26. The number of ether oxygens (including phenoxy) is 2. The van der Waals surface area contributed by atoms with E-state index in [4.69, 9.17) is 9.47 Å². The van der Waals surface area contributed by atoms with Crippen molar-refractivity contribution >= 4 is 22.4 Å². The minimum Gasteiger partial charge on any atom is -0.493 e. The third kappa shape index (κ3) is 4.77. The highest BCUT2D eigenvalue weighted by Crippen LogP contribution is 2.40. The number of benzene rings is 3. The summed E-state index contributed by atoms with van der Waals surface area (Å²) in [4.78, 5) is 16.2. The Kier molecular flexibility index (Phi) is 6.79. The molecular weight excluding hydrogens is 412 g/mol. The van der Waals surface area contributed by atoms with Crippen molar-refractivity contribution in [2.24, 2.45) is 0 Å². The third-order valence-corrected chi connectivity index (χ3v) is 5.86. The maximum atomic E-state index is 12.8. The number of para-hydroxylation sites is 2. The third-order valence-electron chi connectivity index (χ3n) is 5.86. The Morgan fingerprint density at radius 1 is 0.939 bits per heavy atom. The summed E-state index contributed by atoms with van der Waals surface area (Å²) in [5.41, 5.74) is 5.02. The van der Waals surface area contributed by atoms with Crippen LogP contribution >= 0.6 is 0 Å². The fourth-order valence-electron chi connectivity index (χ4n) is 4.19. The summed E-state index contributed by atoms with van der Waals surface area (Å²) >= 11 is 0. The van der Waals surface area contributed by atoms with E-state index in [9.17, 15) is 4.79 Å². The first-order valence-corrected chi connectivity index (χ1v) is 10.9. The number of H-pyrrole nitrogens is 1. The molecule has 0 fully saturated rings. The highest BCUT2D eigenvalue weighted by Gasteiger charge is 2.24. The normalized spacial score (nSPS) is 12.4. The first kappa shape index (κ1) is 22.2. The van der Waals surface area contributed by atoms with Gasteiger partial charge in [-0.25, -0.2) is 0 Å². The minimum atomic E-state index is -0.138. The van der Waals surface area contributed by atoms with Crippen molar-refractivity contribution in [1.29, 1.82) is 0 Å². The number of aromatic amines is 1. The number of aromatic nitrogens is 1. The molecule has 168 valence electrons. The monoisotopic (exact) mass is 440 g/mol. The fraction of sp³-hybridized carbons (Fsp3) is 0.179. The van der Waals surface area contributed by atoms with Crippen LogP contribution in [0, 0.1) is 0 Å². The van der Waals surface area contributed by atoms with Gasteiger partial charge in [-0.15, -0.1) is 0 Å². The molecule has 4 aromatic rings. The number of methoxy groups -OCH3 is 2. The van der Waals surface area contributed by atoms with Crippen LogP contribution in [0.1, 0.15) is 29.5 Å². The zero-order valence-corrected chi connectivity index (χ0v) is 19.1. The second-order valence-electron chi connectivity index (χ2n) is 7.86. The minimum absolute atomic E-state index is 0.136. The number of allylic oxidation sites excluding steroid dienone is 1. The summed E-state index contributed by atoms with van der Waals surface area (Å²) in [5, 5.41) is 4.21. The van der Waals surface area contributed by atoms with Gasteiger partial charge in [-0.1, -0.05) is 60.7 Å². The van der Waals surface area contributed by atoms with Crippen molar-refractivity contribution in [1.82, 2.24) is 10.3 Å². The van der Waals surface area contributed by atoms with E-state index in [-0.39, 0.29) is 11.8 Å². The highest BCUT2D eigenvalue weighted by atomic mass is 16.5. The van der Waals surface area contributed by atoms with Gasteiger partial charge in [0, 0.05) is 41.2 Å². The molecule has 5 nitrogen and oxygen atoms in total. The summed E-state index contributed by atoms with van der Waals surface area (Å²) in [6, 6.07) is 23.9. The standard InChI is InChI=1S/C28H28N2O3/c1-19(20-10-5-4-6-11-20)16-27(31)30-18-24(22-13-9-15-26(32-2)28(22)33-3)23-17-29-25-14-8-7-12-21(23)25/h4-17,24,29H,18H2,1-3H3,(H,30,31). The van der Waals surface area contributed by atoms with Gasteiger partial charge in [-0.3, -0.25) is 4.79 Å². The molecule has 4 rings (SSSR count). The maximum Gasteiger partial charge on any atom is 0.244 e. The molecule has 0 aliphatic rings. The lowest BCUT2D eigenvalue weighted by Crippen LogP contribution is -2.27. The van der Waals surface area contributed by atoms with Crippen LogP contribution in [-0.4, -0.2) is 31.7 Å². The van der Waals surface area contributed by atoms with Crippen LogP contribution < -0.4 is 14.8 Å². The summed E-state index contributed by atoms with van der Waals surface area (Å²) in [6.07, 6.45) is 3.65. The van der Waals surface area contributed by atoms with Crippen LogP contribution in [0.5, 0.6) is 11.5 Å². The van der Waals surface area contributed by atoms with Crippen LogP contribution in [0.4, 0.5) is 0 Å². The lowest BCUT2D eigenvalue weighted by Gasteiger charge is -2.21. The van der Waals surface area contributed by atoms with Gasteiger partial charge in [0.25, 0.3) is 0 Å². The molecule has 0 aliphatic heterocycles. The van der Waals surface area contributed by atoms with Crippen LogP contribution in [0.2, 0.25) is 0 Å². The van der Waals surface area contributed by atoms with E-state index in [0.717, 1.165) is 33.2 Å². The molecule has 33 heavy (non-hydrogen) atoms. The van der Waals surface area contributed by atoms with Gasteiger partial charge in [-0.2, -0.15) is 0 Å². The van der Waals surface area contributed by atoms with Crippen molar-refractivity contribution in [3.63, 3.8) is 0 Å².